The molecule has 0 spiro atoms. The Labute approximate surface area is 96.8 Å². The molecule has 0 bridgehead atoms. The van der Waals surface area contributed by atoms with Gasteiger partial charge in [-0.2, -0.15) is 0 Å². The minimum atomic E-state index is 0.385. The molecule has 0 radical (unpaired) electrons. The highest BCUT2D eigenvalue weighted by Crippen LogP contribution is 2.05. The van der Waals surface area contributed by atoms with Gasteiger partial charge >= 0.3 is 0 Å². The van der Waals surface area contributed by atoms with Crippen molar-refractivity contribution in [2.24, 2.45) is 0 Å². The number of nitrogens with zero attached hydrogens (tertiary/aromatic N) is 2. The van der Waals surface area contributed by atoms with Gasteiger partial charge in [0.25, 0.3) is 0 Å². The second kappa shape index (κ2) is 7.24. The van der Waals surface area contributed by atoms with E-state index in [4.69, 9.17) is 9.47 Å². The van der Waals surface area contributed by atoms with Gasteiger partial charge in [0.15, 0.2) is 0 Å². The fraction of sp³-hybridized carbons (Fsp3) is 0.727. The van der Waals surface area contributed by atoms with Crippen LogP contribution in [0.3, 0.4) is 0 Å². The summed E-state index contributed by atoms with van der Waals surface area (Å²) in [6.07, 6.45) is 3.74. The summed E-state index contributed by atoms with van der Waals surface area (Å²) in [6.45, 7) is 6.94. The van der Waals surface area contributed by atoms with Crippen molar-refractivity contribution in [3.63, 3.8) is 0 Å². The maximum Gasteiger partial charge on any atom is 0.203 e. The minimum Gasteiger partial charge on any atom is -0.382 e. The van der Waals surface area contributed by atoms with Crippen molar-refractivity contribution in [2.45, 2.75) is 26.4 Å². The van der Waals surface area contributed by atoms with Crippen LogP contribution in [0.2, 0.25) is 0 Å². The molecule has 0 aliphatic heterocycles. The van der Waals surface area contributed by atoms with Crippen LogP contribution in [-0.2, 0) is 16.0 Å². The molecule has 0 saturated heterocycles. The number of nitrogens with one attached hydrogen (secondary N) is 1. The maximum atomic E-state index is 5.41. The fourth-order valence-corrected chi connectivity index (χ4v) is 1.30. The van der Waals surface area contributed by atoms with Gasteiger partial charge in [-0.25, -0.2) is 4.98 Å². The van der Waals surface area contributed by atoms with Crippen LogP contribution in [0.15, 0.2) is 12.4 Å². The molecule has 0 atom stereocenters. The Hall–Kier alpha value is -1.07. The van der Waals surface area contributed by atoms with Gasteiger partial charge < -0.3 is 19.4 Å². The van der Waals surface area contributed by atoms with E-state index in [9.17, 15) is 0 Å². The topological polar surface area (TPSA) is 48.3 Å². The fourth-order valence-electron chi connectivity index (χ4n) is 1.30. The molecular formula is C11H21N3O2. The summed E-state index contributed by atoms with van der Waals surface area (Å²) in [5, 5.41) is 3.28. The zero-order chi connectivity index (χ0) is 11.8. The number of anilines is 1. The minimum absolute atomic E-state index is 0.385. The van der Waals surface area contributed by atoms with Crippen LogP contribution < -0.4 is 5.32 Å². The maximum absolute atomic E-state index is 5.41. The zero-order valence-electron chi connectivity index (χ0n) is 10.3. The van der Waals surface area contributed by atoms with Crippen molar-refractivity contribution in [2.75, 3.05) is 32.2 Å². The first-order valence-electron chi connectivity index (χ1n) is 5.58. The number of ether oxygens (including phenoxy) is 2. The molecule has 1 aromatic rings. The summed E-state index contributed by atoms with van der Waals surface area (Å²) in [6, 6.07) is 0.385. The Morgan fingerprint density at radius 2 is 2.19 bits per heavy atom. The molecule has 0 unspecified atom stereocenters. The Balaban J connectivity index is 2.27. The van der Waals surface area contributed by atoms with Gasteiger partial charge in [0.2, 0.25) is 5.95 Å². The number of methoxy groups -OCH3 is 1. The highest BCUT2D eigenvalue weighted by Gasteiger charge is 2.03. The van der Waals surface area contributed by atoms with Crippen LogP contribution in [0.1, 0.15) is 13.8 Å². The van der Waals surface area contributed by atoms with E-state index in [0.717, 1.165) is 12.5 Å². The van der Waals surface area contributed by atoms with E-state index in [0.29, 0.717) is 25.9 Å². The molecule has 16 heavy (non-hydrogen) atoms. The number of hydrogen-bond acceptors (Lipinski definition) is 4. The molecule has 1 aromatic heterocycles. The Morgan fingerprint density at radius 1 is 1.38 bits per heavy atom. The lowest BCUT2D eigenvalue weighted by Gasteiger charge is -2.12. The molecule has 5 heteroatoms. The van der Waals surface area contributed by atoms with E-state index in [2.05, 4.69) is 24.1 Å². The third-order valence-electron chi connectivity index (χ3n) is 2.04. The lowest BCUT2D eigenvalue weighted by molar-refractivity contribution is 0.0668. The molecule has 0 aromatic carbocycles. The Bertz CT molecular complexity index is 287. The normalized spacial score (nSPS) is 11.0. The first-order chi connectivity index (χ1) is 7.74. The van der Waals surface area contributed by atoms with Crippen LogP contribution in [0.25, 0.3) is 0 Å². The average molecular weight is 227 g/mol. The van der Waals surface area contributed by atoms with E-state index in [-0.39, 0.29) is 0 Å². The zero-order valence-corrected chi connectivity index (χ0v) is 10.3. The highest BCUT2D eigenvalue weighted by molar-refractivity contribution is 5.26. The van der Waals surface area contributed by atoms with Crippen molar-refractivity contribution in [3.8, 4) is 0 Å². The van der Waals surface area contributed by atoms with Crippen molar-refractivity contribution >= 4 is 5.95 Å². The molecule has 0 amide bonds. The van der Waals surface area contributed by atoms with Crippen LogP contribution in [0, 0.1) is 0 Å². The Morgan fingerprint density at radius 3 is 2.88 bits per heavy atom. The van der Waals surface area contributed by atoms with E-state index in [1.807, 2.05) is 10.8 Å². The van der Waals surface area contributed by atoms with Gasteiger partial charge in [-0.1, -0.05) is 0 Å². The van der Waals surface area contributed by atoms with Gasteiger partial charge in [-0.3, -0.25) is 0 Å². The van der Waals surface area contributed by atoms with E-state index in [1.54, 1.807) is 13.3 Å². The third kappa shape index (κ3) is 4.63. The molecule has 0 aliphatic carbocycles. The molecule has 0 fully saturated rings. The lowest BCUT2D eigenvalue weighted by Crippen LogP contribution is -2.16. The summed E-state index contributed by atoms with van der Waals surface area (Å²) in [5.74, 6) is 0.894. The van der Waals surface area contributed by atoms with Crippen LogP contribution >= 0.6 is 0 Å². The molecule has 92 valence electrons. The average Bonchev–Trinajstić information content (AvgIpc) is 2.64. The summed E-state index contributed by atoms with van der Waals surface area (Å²) in [5.41, 5.74) is 0. The summed E-state index contributed by atoms with van der Waals surface area (Å²) >= 11 is 0. The predicted octanol–water partition coefficient (Wildman–Crippen LogP) is 1.37. The standard InChI is InChI=1S/C11H21N3O2/c1-10(2)13-11-12-4-5-14(11)6-7-16-9-8-15-3/h4-5,10H,6-9H2,1-3H3,(H,12,13). The second-order valence-electron chi connectivity index (χ2n) is 3.85. The van der Waals surface area contributed by atoms with Crippen molar-refractivity contribution in [1.82, 2.24) is 9.55 Å². The van der Waals surface area contributed by atoms with E-state index < -0.39 is 0 Å². The third-order valence-corrected chi connectivity index (χ3v) is 2.04. The van der Waals surface area contributed by atoms with Crippen LogP contribution in [0.5, 0.6) is 0 Å². The molecule has 5 nitrogen and oxygen atoms in total. The molecule has 1 N–H and O–H groups in total. The highest BCUT2D eigenvalue weighted by atomic mass is 16.5. The molecular weight excluding hydrogens is 206 g/mol. The molecule has 1 heterocycles. The summed E-state index contributed by atoms with van der Waals surface area (Å²) in [7, 11) is 1.67. The van der Waals surface area contributed by atoms with Gasteiger partial charge in [0.1, 0.15) is 0 Å². The number of rotatable bonds is 8. The Kier molecular flexibility index (Phi) is 5.88. The molecule has 1 rings (SSSR count). The van der Waals surface area contributed by atoms with E-state index in [1.165, 1.54) is 0 Å². The largest absolute Gasteiger partial charge is 0.382 e. The van der Waals surface area contributed by atoms with Crippen molar-refractivity contribution in [3.05, 3.63) is 12.4 Å². The van der Waals surface area contributed by atoms with Gasteiger partial charge in [-0.05, 0) is 13.8 Å². The number of imidazole rings is 1. The van der Waals surface area contributed by atoms with Gasteiger partial charge in [-0.15, -0.1) is 0 Å². The predicted molar refractivity (Wildman–Crippen MR) is 63.7 cm³/mol. The first-order valence-corrected chi connectivity index (χ1v) is 5.58. The van der Waals surface area contributed by atoms with Crippen LogP contribution in [0.4, 0.5) is 5.95 Å². The van der Waals surface area contributed by atoms with Crippen molar-refractivity contribution in [1.29, 1.82) is 0 Å². The molecule has 0 saturated carbocycles. The number of hydrogen-bond donors (Lipinski definition) is 1. The van der Waals surface area contributed by atoms with Gasteiger partial charge in [0.05, 0.1) is 19.8 Å². The lowest BCUT2D eigenvalue weighted by atomic mass is 10.4. The monoisotopic (exact) mass is 227 g/mol. The van der Waals surface area contributed by atoms with E-state index >= 15 is 0 Å². The summed E-state index contributed by atoms with van der Waals surface area (Å²) < 4.78 is 12.4. The van der Waals surface area contributed by atoms with Crippen molar-refractivity contribution < 1.29 is 9.47 Å². The smallest absolute Gasteiger partial charge is 0.203 e. The summed E-state index contributed by atoms with van der Waals surface area (Å²) in [4.78, 5) is 4.24. The van der Waals surface area contributed by atoms with Crippen LogP contribution in [-0.4, -0.2) is 42.5 Å². The quantitative estimate of drug-likeness (QED) is 0.681. The molecule has 0 aliphatic rings. The number of aromatic nitrogens is 2. The SMILES string of the molecule is COCCOCCn1ccnc1NC(C)C. The second-order valence-corrected chi connectivity index (χ2v) is 3.85. The first kappa shape index (κ1) is 13.0. The van der Waals surface area contributed by atoms with Gasteiger partial charge in [0, 0.05) is 32.1 Å².